The quantitative estimate of drug-likeness (QED) is 0.742. The summed E-state index contributed by atoms with van der Waals surface area (Å²) in [5.74, 6) is 0.498. The highest BCUT2D eigenvalue weighted by atomic mass is 32.1. The van der Waals surface area contributed by atoms with Crippen molar-refractivity contribution in [3.05, 3.63) is 54.7 Å². The fraction of sp³-hybridized carbons (Fsp3) is 0. The molecule has 1 aromatic heterocycles. The Bertz CT molecular complexity index is 627. The molecular formula is C15H11NO2S. The van der Waals surface area contributed by atoms with Crippen LogP contribution in [-0.4, -0.2) is 14.6 Å². The summed E-state index contributed by atoms with van der Waals surface area (Å²) < 4.78 is 4.24. The summed E-state index contributed by atoms with van der Waals surface area (Å²) >= 11 is 1.41. The van der Waals surface area contributed by atoms with Crippen LogP contribution in [0.1, 0.15) is 0 Å². The van der Waals surface area contributed by atoms with Gasteiger partial charge in [-0.3, -0.25) is 0 Å². The first-order valence-corrected chi connectivity index (χ1v) is 6.55. The van der Waals surface area contributed by atoms with Crippen molar-refractivity contribution in [2.24, 2.45) is 0 Å². The highest BCUT2D eigenvalue weighted by Gasteiger charge is 2.10. The van der Waals surface area contributed by atoms with Gasteiger partial charge in [-0.2, -0.15) is 4.37 Å². The number of benzene rings is 2. The number of aromatic hydroxyl groups is 2. The fourth-order valence-electron chi connectivity index (χ4n) is 1.91. The summed E-state index contributed by atoms with van der Waals surface area (Å²) in [5.41, 5.74) is 3.05. The molecule has 0 unspecified atom stereocenters. The topological polar surface area (TPSA) is 53.4 Å². The van der Waals surface area contributed by atoms with Crippen molar-refractivity contribution >= 4 is 11.5 Å². The van der Waals surface area contributed by atoms with Crippen molar-refractivity contribution in [1.29, 1.82) is 0 Å². The molecule has 3 rings (SSSR count). The molecule has 0 saturated heterocycles. The molecule has 0 saturated carbocycles. The van der Waals surface area contributed by atoms with E-state index < -0.39 is 0 Å². The number of hydrogen-bond donors (Lipinski definition) is 2. The minimum atomic E-state index is 0.248. The lowest BCUT2D eigenvalue weighted by Gasteiger charge is -2.04. The van der Waals surface area contributed by atoms with Crippen molar-refractivity contribution < 1.29 is 10.2 Å². The van der Waals surface area contributed by atoms with Crippen LogP contribution in [0.2, 0.25) is 0 Å². The maximum absolute atomic E-state index is 9.33. The molecule has 0 aliphatic rings. The molecule has 2 N–H and O–H groups in total. The van der Waals surface area contributed by atoms with Gasteiger partial charge in [0.1, 0.15) is 11.5 Å². The van der Waals surface area contributed by atoms with Crippen LogP contribution >= 0.6 is 11.5 Å². The molecule has 1 heterocycles. The van der Waals surface area contributed by atoms with Crippen molar-refractivity contribution in [3.8, 4) is 33.1 Å². The third-order valence-corrected chi connectivity index (χ3v) is 3.73. The van der Waals surface area contributed by atoms with E-state index in [1.165, 1.54) is 11.5 Å². The van der Waals surface area contributed by atoms with Crippen LogP contribution in [0.15, 0.2) is 54.7 Å². The van der Waals surface area contributed by atoms with Gasteiger partial charge in [-0.15, -0.1) is 0 Å². The molecule has 0 aliphatic heterocycles. The lowest BCUT2D eigenvalue weighted by atomic mass is 10.0. The Labute approximate surface area is 114 Å². The molecule has 0 fully saturated rings. The van der Waals surface area contributed by atoms with Gasteiger partial charge < -0.3 is 10.2 Å². The van der Waals surface area contributed by atoms with E-state index in [9.17, 15) is 10.2 Å². The Hall–Kier alpha value is -2.33. The Morgan fingerprint density at radius 3 is 1.84 bits per heavy atom. The predicted octanol–water partition coefficient (Wildman–Crippen LogP) is 3.89. The molecule has 3 nitrogen and oxygen atoms in total. The molecule has 0 aliphatic carbocycles. The van der Waals surface area contributed by atoms with Gasteiger partial charge in [-0.25, -0.2) is 0 Å². The summed E-state index contributed by atoms with van der Waals surface area (Å²) in [6.45, 7) is 0. The predicted molar refractivity (Wildman–Crippen MR) is 76.3 cm³/mol. The van der Waals surface area contributed by atoms with Gasteiger partial charge in [-0.1, -0.05) is 12.1 Å². The number of phenolic OH excluding ortho intramolecular Hbond substituents is 2. The summed E-state index contributed by atoms with van der Waals surface area (Å²) in [6, 6.07) is 14.1. The molecule has 0 amide bonds. The Balaban J connectivity index is 2.07. The first-order chi connectivity index (χ1) is 9.24. The number of phenols is 2. The third-order valence-electron chi connectivity index (χ3n) is 2.88. The van der Waals surface area contributed by atoms with Gasteiger partial charge in [-0.05, 0) is 59.1 Å². The lowest BCUT2D eigenvalue weighted by Crippen LogP contribution is -1.79. The maximum atomic E-state index is 9.33. The zero-order valence-corrected chi connectivity index (χ0v) is 10.8. The first kappa shape index (κ1) is 11.7. The molecular weight excluding hydrogens is 258 g/mol. The second kappa shape index (κ2) is 4.74. The number of nitrogens with zero attached hydrogens (tertiary/aromatic N) is 1. The summed E-state index contributed by atoms with van der Waals surface area (Å²) in [6.07, 6.45) is 1.82. The number of hydrogen-bond acceptors (Lipinski definition) is 4. The summed E-state index contributed by atoms with van der Waals surface area (Å²) in [4.78, 5) is 1.05. The van der Waals surface area contributed by atoms with Crippen molar-refractivity contribution in [2.45, 2.75) is 0 Å². The van der Waals surface area contributed by atoms with E-state index in [-0.39, 0.29) is 11.5 Å². The van der Waals surface area contributed by atoms with E-state index >= 15 is 0 Å². The first-order valence-electron chi connectivity index (χ1n) is 5.77. The minimum Gasteiger partial charge on any atom is -0.508 e. The van der Waals surface area contributed by atoms with Gasteiger partial charge in [0.05, 0.1) is 4.88 Å². The maximum Gasteiger partial charge on any atom is 0.115 e. The molecule has 19 heavy (non-hydrogen) atoms. The zero-order chi connectivity index (χ0) is 13.2. The molecule has 0 bridgehead atoms. The second-order valence-corrected chi connectivity index (χ2v) is 4.96. The fourth-order valence-corrected chi connectivity index (χ4v) is 2.68. The van der Waals surface area contributed by atoms with Crippen molar-refractivity contribution in [1.82, 2.24) is 4.37 Å². The average Bonchev–Trinajstić information content (AvgIpc) is 2.90. The van der Waals surface area contributed by atoms with E-state index in [0.29, 0.717) is 0 Å². The average molecular weight is 269 g/mol. The van der Waals surface area contributed by atoms with Crippen LogP contribution in [0, 0.1) is 0 Å². The van der Waals surface area contributed by atoms with Gasteiger partial charge >= 0.3 is 0 Å². The molecule has 0 radical (unpaired) electrons. The van der Waals surface area contributed by atoms with Crippen LogP contribution in [0.4, 0.5) is 0 Å². The van der Waals surface area contributed by atoms with Gasteiger partial charge in [0, 0.05) is 11.8 Å². The van der Waals surface area contributed by atoms with Crippen LogP contribution in [0.3, 0.4) is 0 Å². The summed E-state index contributed by atoms with van der Waals surface area (Å²) in [7, 11) is 0. The van der Waals surface area contributed by atoms with Crippen molar-refractivity contribution in [3.63, 3.8) is 0 Å². The number of aromatic nitrogens is 1. The molecule has 0 atom stereocenters. The Kier molecular flexibility index (Phi) is 2.93. The third kappa shape index (κ3) is 2.30. The van der Waals surface area contributed by atoms with Crippen LogP contribution in [0.25, 0.3) is 21.6 Å². The van der Waals surface area contributed by atoms with E-state index in [1.807, 2.05) is 30.5 Å². The van der Waals surface area contributed by atoms with E-state index in [2.05, 4.69) is 4.37 Å². The van der Waals surface area contributed by atoms with E-state index in [4.69, 9.17) is 0 Å². The molecule has 2 aromatic carbocycles. The highest BCUT2D eigenvalue weighted by molar-refractivity contribution is 7.10. The van der Waals surface area contributed by atoms with Crippen LogP contribution in [-0.2, 0) is 0 Å². The van der Waals surface area contributed by atoms with Crippen LogP contribution in [0.5, 0.6) is 11.5 Å². The lowest BCUT2D eigenvalue weighted by molar-refractivity contribution is 0.475. The van der Waals surface area contributed by atoms with Gasteiger partial charge in [0.15, 0.2) is 0 Å². The zero-order valence-electron chi connectivity index (χ0n) is 9.95. The Morgan fingerprint density at radius 1 is 0.737 bits per heavy atom. The smallest absolute Gasteiger partial charge is 0.115 e. The summed E-state index contributed by atoms with van der Waals surface area (Å²) in [5, 5.41) is 18.7. The largest absolute Gasteiger partial charge is 0.508 e. The SMILES string of the molecule is Oc1ccc(-c2cnsc2-c2ccc(O)cc2)cc1. The Morgan fingerprint density at radius 2 is 1.26 bits per heavy atom. The normalized spacial score (nSPS) is 10.5. The van der Waals surface area contributed by atoms with Crippen molar-refractivity contribution in [2.75, 3.05) is 0 Å². The minimum absolute atomic E-state index is 0.248. The highest BCUT2D eigenvalue weighted by Crippen LogP contribution is 2.36. The standard InChI is InChI=1S/C15H11NO2S/c17-12-5-1-10(2-6-12)14-9-16-19-15(14)11-3-7-13(18)8-4-11/h1-9,17-18H. The second-order valence-electron chi connectivity index (χ2n) is 4.16. The molecule has 4 heteroatoms. The number of rotatable bonds is 2. The van der Waals surface area contributed by atoms with E-state index in [1.54, 1.807) is 24.3 Å². The van der Waals surface area contributed by atoms with Gasteiger partial charge in [0.2, 0.25) is 0 Å². The molecule has 3 aromatic rings. The molecule has 94 valence electrons. The van der Waals surface area contributed by atoms with Crippen LogP contribution < -0.4 is 0 Å². The molecule has 0 spiro atoms. The monoisotopic (exact) mass is 269 g/mol. The van der Waals surface area contributed by atoms with E-state index in [0.717, 1.165) is 21.6 Å². The van der Waals surface area contributed by atoms with Gasteiger partial charge in [0.25, 0.3) is 0 Å².